The third-order valence-electron chi connectivity index (χ3n) is 1.86. The van der Waals surface area contributed by atoms with E-state index in [9.17, 15) is 0 Å². The van der Waals surface area contributed by atoms with Crippen molar-refractivity contribution in [3.05, 3.63) is 7.43 Å². The maximum Gasteiger partial charge on any atom is 0.0467 e. The van der Waals surface area contributed by atoms with Gasteiger partial charge in [-0.2, -0.15) is 0 Å². The first-order valence-corrected chi connectivity index (χ1v) is 4.58. The average molecular weight is 189 g/mol. The molecule has 64 valence electrons. The zero-order valence-corrected chi connectivity index (χ0v) is 8.64. The molecule has 1 nitrogen and oxygen atoms in total. The van der Waals surface area contributed by atoms with E-state index in [2.05, 4.69) is 4.90 Å². The van der Waals surface area contributed by atoms with Crippen LogP contribution in [-0.4, -0.2) is 22.3 Å². The van der Waals surface area contributed by atoms with Crippen LogP contribution < -0.4 is 0 Å². The van der Waals surface area contributed by atoms with Gasteiger partial charge in [0.25, 0.3) is 0 Å². The van der Waals surface area contributed by atoms with Crippen LogP contribution in [0.2, 0.25) is 0 Å². The lowest BCUT2D eigenvalue weighted by molar-refractivity contribution is 0.450. The van der Waals surface area contributed by atoms with Crippen LogP contribution in [0.1, 0.15) is 25.7 Å². The third kappa shape index (κ3) is 3.77. The first-order valence-electron chi connectivity index (χ1n) is 3.76. The number of nitrogens with zero attached hydrogens (tertiary/aromatic N) is 1. The van der Waals surface area contributed by atoms with Crippen molar-refractivity contribution < 1.29 is 0 Å². The van der Waals surface area contributed by atoms with Crippen LogP contribution in [0, 0.1) is 7.43 Å². The molecule has 0 amide bonds. The Morgan fingerprint density at radius 3 is 1.91 bits per heavy atom. The molecule has 0 radical (unpaired) electrons. The molecule has 0 unspecified atom stereocenters. The zero-order chi connectivity index (χ0) is 7.40. The minimum absolute atomic E-state index is 0. The van der Waals surface area contributed by atoms with E-state index < -0.39 is 0 Å². The van der Waals surface area contributed by atoms with E-state index in [4.69, 9.17) is 24.8 Å². The second kappa shape index (κ2) is 5.61. The lowest BCUT2D eigenvalue weighted by atomic mass is 10.2. The van der Waals surface area contributed by atoms with Crippen LogP contribution in [0.3, 0.4) is 0 Å². The maximum absolute atomic E-state index is 4.92. The van der Waals surface area contributed by atoms with Gasteiger partial charge in [0.15, 0.2) is 0 Å². The van der Waals surface area contributed by atoms with Crippen molar-refractivity contribution in [2.45, 2.75) is 25.7 Å². The van der Waals surface area contributed by atoms with Gasteiger partial charge in [0.2, 0.25) is 0 Å². The lowest BCUT2D eigenvalue weighted by Gasteiger charge is -2.26. The quantitative estimate of drug-likeness (QED) is 0.326. The van der Waals surface area contributed by atoms with E-state index in [1.807, 2.05) is 0 Å². The molecule has 1 rings (SSSR count). The number of hydrogen-bond donors (Lipinski definition) is 0. The largest absolute Gasteiger partial charge is 0.411 e. The molecular formula is C8H15NS2. The first kappa shape index (κ1) is 11.0. The summed E-state index contributed by atoms with van der Waals surface area (Å²) in [7, 11) is 0. The molecule has 0 atom stereocenters. The number of hydrogen-bond acceptors (Lipinski definition) is 2. The molecule has 1 aliphatic heterocycles. The van der Waals surface area contributed by atoms with Gasteiger partial charge in [0.1, 0.15) is 0 Å². The van der Waals surface area contributed by atoms with Gasteiger partial charge >= 0.3 is 0 Å². The van der Waals surface area contributed by atoms with Crippen molar-refractivity contribution in [2.75, 3.05) is 13.1 Å². The van der Waals surface area contributed by atoms with E-state index in [-0.39, 0.29) is 7.43 Å². The normalized spacial score (nSPS) is 18.4. The summed E-state index contributed by atoms with van der Waals surface area (Å²) in [5.74, 6) is 0. The fourth-order valence-electron chi connectivity index (χ4n) is 1.25. The smallest absolute Gasteiger partial charge is 0.0467 e. The predicted molar refractivity (Wildman–Crippen MR) is 56.4 cm³/mol. The van der Waals surface area contributed by atoms with Gasteiger partial charge in [-0.1, -0.05) is 17.2 Å². The molecule has 0 aromatic carbocycles. The molecule has 1 saturated heterocycles. The summed E-state index contributed by atoms with van der Waals surface area (Å²) in [6.45, 7) is 2.17. The standard InChI is InChI=1S/C7H13NS2.CH3/c9-7(10)8-5-3-1-2-4-6-8;/h1-6H2,(H,9,10);1H3/q;+1/p-1. The van der Waals surface area contributed by atoms with Crippen molar-refractivity contribution in [2.24, 2.45) is 0 Å². The number of thiocarbonyl (C=S) groups is 1. The maximum atomic E-state index is 4.92. The second-order valence-electron chi connectivity index (χ2n) is 2.67. The summed E-state index contributed by atoms with van der Waals surface area (Å²) in [5.41, 5.74) is 0. The molecule has 0 aromatic heterocycles. The second-order valence-corrected chi connectivity index (χ2v) is 3.70. The van der Waals surface area contributed by atoms with Gasteiger partial charge in [0, 0.05) is 20.5 Å². The van der Waals surface area contributed by atoms with E-state index in [1.165, 1.54) is 25.7 Å². The fraction of sp³-hybridized carbons (Fsp3) is 0.750. The number of rotatable bonds is 0. The van der Waals surface area contributed by atoms with Crippen LogP contribution in [0.5, 0.6) is 0 Å². The molecule has 0 spiro atoms. The summed E-state index contributed by atoms with van der Waals surface area (Å²) in [6.07, 6.45) is 5.20. The Labute approximate surface area is 80.6 Å². The average Bonchev–Trinajstić information content (AvgIpc) is 2.12. The molecule has 0 aliphatic carbocycles. The Hall–Kier alpha value is -0.0200. The van der Waals surface area contributed by atoms with Crippen LogP contribution >= 0.6 is 12.2 Å². The van der Waals surface area contributed by atoms with Gasteiger partial charge in [-0.25, -0.2) is 0 Å². The van der Waals surface area contributed by atoms with Gasteiger partial charge in [-0.05, 0) is 12.8 Å². The van der Waals surface area contributed by atoms with Crippen molar-refractivity contribution >= 4 is 29.2 Å². The summed E-state index contributed by atoms with van der Waals surface area (Å²) < 4.78 is 0.655. The van der Waals surface area contributed by atoms with E-state index in [1.54, 1.807) is 0 Å². The Bertz CT molecular complexity index is 117. The Morgan fingerprint density at radius 1 is 1.09 bits per heavy atom. The number of likely N-dealkylation sites (tertiary alicyclic amines) is 1. The molecule has 0 aromatic rings. The fourth-order valence-corrected chi connectivity index (χ4v) is 1.62. The summed E-state index contributed by atoms with van der Waals surface area (Å²) in [6, 6.07) is 0. The molecule has 1 aliphatic rings. The molecular weight excluding hydrogens is 174 g/mol. The minimum atomic E-state index is 0. The molecule has 1 fully saturated rings. The van der Waals surface area contributed by atoms with Crippen LogP contribution in [-0.2, 0) is 12.6 Å². The van der Waals surface area contributed by atoms with Crippen LogP contribution in [0.15, 0.2) is 0 Å². The Balaban J connectivity index is 0.000001000. The van der Waals surface area contributed by atoms with E-state index >= 15 is 0 Å². The van der Waals surface area contributed by atoms with Crippen molar-refractivity contribution in [1.29, 1.82) is 0 Å². The molecule has 0 bridgehead atoms. The summed E-state index contributed by atoms with van der Waals surface area (Å²) in [4.78, 5) is 2.14. The van der Waals surface area contributed by atoms with Crippen LogP contribution in [0.4, 0.5) is 0 Å². The minimum Gasteiger partial charge on any atom is -0.411 e. The Morgan fingerprint density at radius 2 is 1.55 bits per heavy atom. The highest BCUT2D eigenvalue weighted by Gasteiger charge is 2.04. The Kier molecular flexibility index (Phi) is 5.60. The zero-order valence-electron chi connectivity index (χ0n) is 7.01. The molecule has 0 saturated carbocycles. The van der Waals surface area contributed by atoms with Crippen molar-refractivity contribution in [3.63, 3.8) is 0 Å². The molecule has 3 heteroatoms. The van der Waals surface area contributed by atoms with Gasteiger partial charge in [-0.15, -0.1) is 0 Å². The van der Waals surface area contributed by atoms with E-state index in [0.717, 1.165) is 13.1 Å². The van der Waals surface area contributed by atoms with Gasteiger partial charge < -0.3 is 29.7 Å². The third-order valence-corrected chi connectivity index (χ3v) is 2.38. The van der Waals surface area contributed by atoms with Crippen molar-refractivity contribution in [3.8, 4) is 0 Å². The molecule has 11 heavy (non-hydrogen) atoms. The van der Waals surface area contributed by atoms with E-state index in [0.29, 0.717) is 4.32 Å². The highest BCUT2D eigenvalue weighted by Crippen LogP contribution is 2.09. The van der Waals surface area contributed by atoms with Gasteiger partial charge in [0.05, 0.1) is 0 Å². The highest BCUT2D eigenvalue weighted by molar-refractivity contribution is 8.00. The topological polar surface area (TPSA) is 3.24 Å². The molecule has 0 N–H and O–H groups in total. The SMILES string of the molecule is S=C([S-])N1CCCCCC1.[CH3+]. The van der Waals surface area contributed by atoms with Gasteiger partial charge in [-0.3, -0.25) is 0 Å². The predicted octanol–water partition coefficient (Wildman–Crippen LogP) is 2.14. The highest BCUT2D eigenvalue weighted by atomic mass is 32.1. The first-order chi connectivity index (χ1) is 4.80. The molecule has 1 heterocycles. The van der Waals surface area contributed by atoms with Crippen LogP contribution in [0.25, 0.3) is 0 Å². The van der Waals surface area contributed by atoms with Crippen molar-refractivity contribution in [1.82, 2.24) is 4.90 Å². The summed E-state index contributed by atoms with van der Waals surface area (Å²) >= 11 is 9.83. The summed E-state index contributed by atoms with van der Waals surface area (Å²) in [5, 5.41) is 0. The lowest BCUT2D eigenvalue weighted by Crippen LogP contribution is -2.28. The monoisotopic (exact) mass is 189 g/mol.